The summed E-state index contributed by atoms with van der Waals surface area (Å²) in [5, 5.41) is 16.4. The number of aliphatic hydroxyl groups excluding tert-OH is 1. The highest BCUT2D eigenvalue weighted by Crippen LogP contribution is 2.68. The number of thioether (sulfide) groups is 1. The van der Waals surface area contributed by atoms with Crippen molar-refractivity contribution in [2.24, 2.45) is 17.8 Å². The molecule has 7 atom stereocenters. The molecular weight excluding hydrogens is 462 g/mol. The number of likely N-dealkylation sites (tertiary alicyclic amines) is 1. The second kappa shape index (κ2) is 9.47. The largest absolute Gasteiger partial charge is 0.394 e. The first kappa shape index (κ1) is 24.4. The van der Waals surface area contributed by atoms with E-state index in [1.165, 1.54) is 0 Å². The second-order valence-corrected chi connectivity index (χ2v) is 11.3. The molecule has 4 rings (SSSR count). The summed E-state index contributed by atoms with van der Waals surface area (Å²) >= 11 is 7.92. The van der Waals surface area contributed by atoms with Crippen molar-refractivity contribution in [1.82, 2.24) is 10.2 Å². The summed E-state index contributed by atoms with van der Waals surface area (Å²) in [5.41, 5.74) is 0.482. The van der Waals surface area contributed by atoms with Crippen LogP contribution in [0.1, 0.15) is 40.0 Å². The van der Waals surface area contributed by atoms with Crippen molar-refractivity contribution in [1.29, 1.82) is 0 Å². The number of carbonyl (C=O) groups excluding carboxylic acids is 3. The van der Waals surface area contributed by atoms with E-state index in [1.54, 1.807) is 40.9 Å². The van der Waals surface area contributed by atoms with Gasteiger partial charge in [0.25, 0.3) is 0 Å². The molecule has 0 aromatic heterocycles. The first-order valence-electron chi connectivity index (χ1n) is 11.8. The molecule has 2 bridgehead atoms. The molecule has 3 amide bonds. The molecule has 3 aliphatic rings. The maximum absolute atomic E-state index is 13.9. The van der Waals surface area contributed by atoms with E-state index in [-0.39, 0.29) is 35.5 Å². The summed E-state index contributed by atoms with van der Waals surface area (Å²) < 4.78 is -0.718. The average Bonchev–Trinajstić information content (AvgIpc) is 3.39. The number of nitrogens with one attached hydrogen (secondary N) is 2. The summed E-state index contributed by atoms with van der Waals surface area (Å²) in [7, 11) is 0. The van der Waals surface area contributed by atoms with Gasteiger partial charge in [-0.25, -0.2) is 0 Å². The first-order chi connectivity index (χ1) is 15.8. The number of amides is 3. The van der Waals surface area contributed by atoms with Crippen LogP contribution in [-0.4, -0.2) is 63.0 Å². The van der Waals surface area contributed by atoms with Crippen molar-refractivity contribution in [3.63, 3.8) is 0 Å². The third kappa shape index (κ3) is 3.74. The lowest BCUT2D eigenvalue weighted by molar-refractivity contribution is -0.142. The van der Waals surface area contributed by atoms with E-state index in [4.69, 9.17) is 11.6 Å². The Morgan fingerprint density at radius 2 is 2.03 bits per heavy atom. The molecular formula is C24H32ClN3O4S. The molecule has 33 heavy (non-hydrogen) atoms. The van der Waals surface area contributed by atoms with Crippen molar-refractivity contribution >= 4 is 46.8 Å². The van der Waals surface area contributed by atoms with Gasteiger partial charge in [0.15, 0.2) is 0 Å². The number of hydrogen-bond acceptors (Lipinski definition) is 5. The molecule has 3 N–H and O–H groups in total. The van der Waals surface area contributed by atoms with Crippen LogP contribution in [0, 0.1) is 17.8 Å². The van der Waals surface area contributed by atoms with E-state index < -0.39 is 28.7 Å². The zero-order valence-electron chi connectivity index (χ0n) is 19.2. The minimum absolute atomic E-state index is 0.00206. The lowest BCUT2D eigenvalue weighted by Crippen LogP contribution is -2.57. The SMILES string of the molecule is CCCNC(=O)[C@@H]1[C@H]2C(=O)N([C@@H](CC)CO)C(C(=O)Nc3ccccc3Cl)C23S[C@@H]1CC3C. The molecule has 0 saturated carbocycles. The minimum atomic E-state index is -0.794. The standard InChI is InChI=1S/C24H32ClN3O4S/c1-4-10-26-21(30)18-17-11-13(3)24(33-17)19(18)23(32)28(14(5-2)12-29)20(24)22(31)27-16-9-7-6-8-15(16)25/h6-9,13-14,17-20,29H,4-5,10-12H2,1-3H3,(H,26,30)(H,27,31)/t13?,14-,17+,18-,19-,20?,24?/m0/s1. The van der Waals surface area contributed by atoms with Gasteiger partial charge in [-0.2, -0.15) is 0 Å². The number of carbonyl (C=O) groups is 3. The fourth-order valence-corrected chi connectivity index (χ4v) is 8.59. The van der Waals surface area contributed by atoms with E-state index in [2.05, 4.69) is 17.6 Å². The molecule has 180 valence electrons. The Hall–Kier alpha value is -1.77. The molecule has 0 aliphatic carbocycles. The van der Waals surface area contributed by atoms with E-state index >= 15 is 0 Å². The molecule has 1 spiro atoms. The number of aliphatic hydroxyl groups is 1. The summed E-state index contributed by atoms with van der Waals surface area (Å²) in [6.45, 7) is 6.28. The quantitative estimate of drug-likeness (QED) is 0.517. The molecule has 9 heteroatoms. The highest BCUT2D eigenvalue weighted by molar-refractivity contribution is 8.02. The van der Waals surface area contributed by atoms with Crippen LogP contribution in [0.25, 0.3) is 0 Å². The molecule has 1 aromatic carbocycles. The number of hydrogen-bond donors (Lipinski definition) is 3. The molecule has 3 saturated heterocycles. The van der Waals surface area contributed by atoms with Crippen molar-refractivity contribution in [3.05, 3.63) is 29.3 Å². The van der Waals surface area contributed by atoms with E-state index in [1.807, 2.05) is 13.8 Å². The van der Waals surface area contributed by atoms with E-state index in [9.17, 15) is 19.5 Å². The highest BCUT2D eigenvalue weighted by atomic mass is 35.5. The zero-order chi connectivity index (χ0) is 23.9. The maximum Gasteiger partial charge on any atom is 0.248 e. The predicted octanol–water partition coefficient (Wildman–Crippen LogP) is 2.91. The Labute approximate surface area is 204 Å². The lowest BCUT2D eigenvalue weighted by Gasteiger charge is -2.40. The van der Waals surface area contributed by atoms with Gasteiger partial charge in [-0.3, -0.25) is 14.4 Å². The fraction of sp³-hybridized carbons (Fsp3) is 0.625. The maximum atomic E-state index is 13.9. The number of nitrogens with zero attached hydrogens (tertiary/aromatic N) is 1. The van der Waals surface area contributed by atoms with Gasteiger partial charge in [-0.05, 0) is 37.3 Å². The Morgan fingerprint density at radius 1 is 1.30 bits per heavy atom. The van der Waals surface area contributed by atoms with Crippen LogP contribution in [0.2, 0.25) is 5.02 Å². The zero-order valence-corrected chi connectivity index (χ0v) is 20.8. The molecule has 1 aromatic rings. The molecule has 3 unspecified atom stereocenters. The van der Waals surface area contributed by atoms with Crippen LogP contribution in [0.5, 0.6) is 0 Å². The number of fused-ring (bicyclic) bond motifs is 1. The second-order valence-electron chi connectivity index (χ2n) is 9.30. The topological polar surface area (TPSA) is 98.7 Å². The van der Waals surface area contributed by atoms with Crippen LogP contribution in [0.4, 0.5) is 5.69 Å². The summed E-state index contributed by atoms with van der Waals surface area (Å²) in [5.74, 6) is -1.61. The summed E-state index contributed by atoms with van der Waals surface area (Å²) in [6.07, 6.45) is 2.10. The minimum Gasteiger partial charge on any atom is -0.394 e. The van der Waals surface area contributed by atoms with Gasteiger partial charge in [0.2, 0.25) is 17.7 Å². The Morgan fingerprint density at radius 3 is 2.67 bits per heavy atom. The Balaban J connectivity index is 1.76. The predicted molar refractivity (Wildman–Crippen MR) is 130 cm³/mol. The fourth-order valence-electron chi connectivity index (χ4n) is 6.00. The smallest absolute Gasteiger partial charge is 0.248 e. The van der Waals surface area contributed by atoms with Gasteiger partial charge in [0.05, 0.1) is 39.9 Å². The van der Waals surface area contributed by atoms with Crippen molar-refractivity contribution < 1.29 is 19.5 Å². The van der Waals surface area contributed by atoms with Crippen LogP contribution in [0.3, 0.4) is 0 Å². The Bertz CT molecular complexity index is 942. The summed E-state index contributed by atoms with van der Waals surface area (Å²) in [6, 6.07) is 5.71. The van der Waals surface area contributed by atoms with Crippen LogP contribution in [-0.2, 0) is 14.4 Å². The van der Waals surface area contributed by atoms with Crippen molar-refractivity contribution in [2.75, 3.05) is 18.5 Å². The first-order valence-corrected chi connectivity index (χ1v) is 13.0. The number of anilines is 1. The molecule has 7 nitrogen and oxygen atoms in total. The van der Waals surface area contributed by atoms with Crippen LogP contribution in [0.15, 0.2) is 24.3 Å². The number of para-hydroxylation sites is 1. The number of halogens is 1. The third-order valence-corrected chi connectivity index (χ3v) is 9.90. The van der Waals surface area contributed by atoms with Gasteiger partial charge in [0, 0.05) is 11.8 Å². The van der Waals surface area contributed by atoms with Gasteiger partial charge in [-0.15, -0.1) is 11.8 Å². The van der Waals surface area contributed by atoms with Gasteiger partial charge < -0.3 is 20.6 Å². The average molecular weight is 494 g/mol. The normalized spacial score (nSPS) is 33.2. The molecule has 0 radical (unpaired) electrons. The molecule has 3 heterocycles. The van der Waals surface area contributed by atoms with Gasteiger partial charge in [0.1, 0.15) is 6.04 Å². The number of benzene rings is 1. The Kier molecular flexibility index (Phi) is 6.99. The van der Waals surface area contributed by atoms with Gasteiger partial charge >= 0.3 is 0 Å². The monoisotopic (exact) mass is 493 g/mol. The van der Waals surface area contributed by atoms with E-state index in [0.29, 0.717) is 23.7 Å². The van der Waals surface area contributed by atoms with Gasteiger partial charge in [-0.1, -0.05) is 44.5 Å². The lowest BCUT2D eigenvalue weighted by atomic mass is 9.66. The van der Waals surface area contributed by atoms with Crippen molar-refractivity contribution in [2.45, 2.75) is 62.1 Å². The third-order valence-electron chi connectivity index (χ3n) is 7.49. The number of rotatable bonds is 8. The summed E-state index contributed by atoms with van der Waals surface area (Å²) in [4.78, 5) is 42.5. The molecule has 3 aliphatic heterocycles. The van der Waals surface area contributed by atoms with Crippen LogP contribution < -0.4 is 10.6 Å². The highest BCUT2D eigenvalue weighted by Gasteiger charge is 2.76. The van der Waals surface area contributed by atoms with Crippen molar-refractivity contribution in [3.8, 4) is 0 Å². The van der Waals surface area contributed by atoms with Crippen LogP contribution >= 0.6 is 23.4 Å². The molecule has 3 fully saturated rings. The van der Waals surface area contributed by atoms with E-state index in [0.717, 1.165) is 12.8 Å².